The Morgan fingerprint density at radius 3 is 2.40 bits per heavy atom. The number of nitrogens with one attached hydrogen (secondary N) is 1. The van der Waals surface area contributed by atoms with Gasteiger partial charge in [0, 0.05) is 6.20 Å². The number of rotatable bonds is 1. The number of aromatic nitrogens is 1. The van der Waals surface area contributed by atoms with Crippen molar-refractivity contribution in [2.45, 2.75) is 4.90 Å². The molecule has 0 amide bonds. The lowest BCUT2D eigenvalue weighted by atomic mass is 10.7. The van der Waals surface area contributed by atoms with Crippen LogP contribution in [0.15, 0.2) is 17.2 Å². The van der Waals surface area contributed by atoms with Crippen LogP contribution in [-0.2, 0) is 10.1 Å². The van der Waals surface area contributed by atoms with Crippen molar-refractivity contribution in [3.05, 3.63) is 17.4 Å². The molecule has 0 bridgehead atoms. The summed E-state index contributed by atoms with van der Waals surface area (Å²) in [4.78, 5) is 2.10. The maximum absolute atomic E-state index is 10.4. The summed E-state index contributed by atoms with van der Waals surface area (Å²) in [7, 11) is -4.15. The summed E-state index contributed by atoms with van der Waals surface area (Å²) in [5.74, 6) is 0. The highest BCUT2D eigenvalue weighted by molar-refractivity contribution is 7.86. The number of hydrogen-bond donors (Lipinski definition) is 2. The highest BCUT2D eigenvalue weighted by Crippen LogP contribution is 2.17. The largest absolute Gasteiger partial charge is 0.351 e. The monoisotopic (exact) mass is 181 g/mol. The fourth-order valence-electron chi connectivity index (χ4n) is 0.534. The van der Waals surface area contributed by atoms with E-state index in [2.05, 4.69) is 4.98 Å². The third kappa shape index (κ3) is 1.31. The van der Waals surface area contributed by atoms with E-state index in [-0.39, 0.29) is 10.0 Å². The highest BCUT2D eigenvalue weighted by Gasteiger charge is 2.13. The molecule has 1 heterocycles. The number of aromatic amines is 1. The molecule has 56 valence electrons. The van der Waals surface area contributed by atoms with Crippen LogP contribution in [0.25, 0.3) is 0 Å². The average molecular weight is 182 g/mol. The van der Waals surface area contributed by atoms with Crippen molar-refractivity contribution < 1.29 is 13.0 Å². The van der Waals surface area contributed by atoms with E-state index in [4.69, 9.17) is 16.2 Å². The summed E-state index contributed by atoms with van der Waals surface area (Å²) in [5, 5.41) is -0.0810. The molecule has 0 atom stereocenters. The molecule has 1 rings (SSSR count). The van der Waals surface area contributed by atoms with Gasteiger partial charge >= 0.3 is 0 Å². The maximum atomic E-state index is 10.4. The fraction of sp³-hybridized carbons (Fsp3) is 0. The van der Waals surface area contributed by atoms with Crippen LogP contribution in [0.3, 0.4) is 0 Å². The van der Waals surface area contributed by atoms with E-state index < -0.39 is 10.1 Å². The lowest BCUT2D eigenvalue weighted by molar-refractivity contribution is 0.483. The second-order valence-corrected chi connectivity index (χ2v) is 3.40. The SMILES string of the molecule is O=S(=O)(O)c1cc[nH]c1Cl. The summed E-state index contributed by atoms with van der Waals surface area (Å²) in [5.41, 5.74) is 0. The molecule has 0 aromatic carbocycles. The van der Waals surface area contributed by atoms with Crippen LogP contribution < -0.4 is 0 Å². The van der Waals surface area contributed by atoms with Crippen LogP contribution in [0.4, 0.5) is 0 Å². The van der Waals surface area contributed by atoms with Crippen molar-refractivity contribution in [1.29, 1.82) is 0 Å². The number of hydrogen-bond acceptors (Lipinski definition) is 2. The normalized spacial score (nSPS) is 11.8. The van der Waals surface area contributed by atoms with Crippen LogP contribution in [0, 0.1) is 0 Å². The Hall–Kier alpha value is -0.520. The third-order valence-electron chi connectivity index (χ3n) is 0.939. The van der Waals surface area contributed by atoms with Gasteiger partial charge in [0.25, 0.3) is 10.1 Å². The summed E-state index contributed by atoms with van der Waals surface area (Å²) >= 11 is 5.33. The first-order valence-electron chi connectivity index (χ1n) is 2.32. The van der Waals surface area contributed by atoms with Crippen LogP contribution in [-0.4, -0.2) is 18.0 Å². The van der Waals surface area contributed by atoms with Gasteiger partial charge in [-0.25, -0.2) is 0 Å². The van der Waals surface area contributed by atoms with Gasteiger partial charge in [0.05, 0.1) is 0 Å². The summed E-state index contributed by atoms with van der Waals surface area (Å²) < 4.78 is 29.2. The molecule has 0 saturated heterocycles. The second-order valence-electron chi connectivity index (χ2n) is 1.63. The van der Waals surface area contributed by atoms with Gasteiger partial charge in [0.2, 0.25) is 0 Å². The molecular formula is C4H4ClNO3S. The summed E-state index contributed by atoms with van der Waals surface area (Å²) in [6, 6.07) is 1.18. The first-order valence-corrected chi connectivity index (χ1v) is 4.14. The van der Waals surface area contributed by atoms with E-state index in [0.717, 1.165) is 0 Å². The first-order chi connectivity index (χ1) is 4.52. The Labute approximate surface area is 62.6 Å². The molecule has 1 aromatic rings. The minimum atomic E-state index is -4.15. The lowest BCUT2D eigenvalue weighted by Gasteiger charge is -1.89. The Morgan fingerprint density at radius 1 is 1.60 bits per heavy atom. The summed E-state index contributed by atoms with van der Waals surface area (Å²) in [6.07, 6.45) is 1.32. The molecule has 0 radical (unpaired) electrons. The molecule has 0 aliphatic heterocycles. The van der Waals surface area contributed by atoms with E-state index in [1.165, 1.54) is 12.3 Å². The van der Waals surface area contributed by atoms with Crippen LogP contribution in [0.1, 0.15) is 0 Å². The first kappa shape index (κ1) is 7.59. The Kier molecular flexibility index (Phi) is 1.72. The predicted molar refractivity (Wildman–Crippen MR) is 35.6 cm³/mol. The van der Waals surface area contributed by atoms with Crippen LogP contribution in [0.5, 0.6) is 0 Å². The Balaban J connectivity index is 3.32. The fourth-order valence-corrected chi connectivity index (χ4v) is 1.48. The molecule has 0 unspecified atom stereocenters. The van der Waals surface area contributed by atoms with E-state index in [1.807, 2.05) is 0 Å². The van der Waals surface area contributed by atoms with Gasteiger partial charge in [-0.3, -0.25) is 4.55 Å². The maximum Gasteiger partial charge on any atom is 0.297 e. The molecule has 6 heteroatoms. The zero-order chi connectivity index (χ0) is 7.78. The molecule has 0 aliphatic carbocycles. The molecule has 0 aliphatic rings. The zero-order valence-corrected chi connectivity index (χ0v) is 6.28. The van der Waals surface area contributed by atoms with Gasteiger partial charge in [-0.1, -0.05) is 11.6 Å². The van der Waals surface area contributed by atoms with Gasteiger partial charge < -0.3 is 4.98 Å². The van der Waals surface area contributed by atoms with Crippen molar-refractivity contribution >= 4 is 21.7 Å². The molecule has 1 aromatic heterocycles. The summed E-state index contributed by atoms with van der Waals surface area (Å²) in [6.45, 7) is 0. The topological polar surface area (TPSA) is 70.2 Å². The second kappa shape index (κ2) is 2.26. The van der Waals surface area contributed by atoms with Gasteiger partial charge in [-0.15, -0.1) is 0 Å². The smallest absolute Gasteiger partial charge is 0.297 e. The Morgan fingerprint density at radius 2 is 2.20 bits per heavy atom. The molecule has 2 N–H and O–H groups in total. The lowest BCUT2D eigenvalue weighted by Crippen LogP contribution is -1.96. The van der Waals surface area contributed by atoms with Crippen molar-refractivity contribution in [2.24, 2.45) is 0 Å². The van der Waals surface area contributed by atoms with Crippen molar-refractivity contribution in [2.75, 3.05) is 0 Å². The van der Waals surface area contributed by atoms with Crippen LogP contribution >= 0.6 is 11.6 Å². The van der Waals surface area contributed by atoms with E-state index in [9.17, 15) is 8.42 Å². The van der Waals surface area contributed by atoms with Crippen molar-refractivity contribution in [3.8, 4) is 0 Å². The number of halogens is 1. The van der Waals surface area contributed by atoms with Crippen LogP contribution in [0.2, 0.25) is 5.15 Å². The van der Waals surface area contributed by atoms with E-state index in [0.29, 0.717) is 0 Å². The zero-order valence-electron chi connectivity index (χ0n) is 4.70. The highest BCUT2D eigenvalue weighted by atomic mass is 35.5. The Bertz CT molecular complexity index is 328. The van der Waals surface area contributed by atoms with Gasteiger partial charge in [-0.2, -0.15) is 8.42 Å². The van der Waals surface area contributed by atoms with Crippen molar-refractivity contribution in [1.82, 2.24) is 4.98 Å². The average Bonchev–Trinajstić information content (AvgIpc) is 2.11. The third-order valence-corrected chi connectivity index (χ3v) is 2.26. The quantitative estimate of drug-likeness (QED) is 0.633. The van der Waals surface area contributed by atoms with Crippen molar-refractivity contribution in [3.63, 3.8) is 0 Å². The number of H-pyrrole nitrogens is 1. The minimum absolute atomic E-state index is 0.0810. The molecular weight excluding hydrogens is 178 g/mol. The van der Waals surface area contributed by atoms with E-state index in [1.54, 1.807) is 0 Å². The van der Waals surface area contributed by atoms with Gasteiger partial charge in [0.15, 0.2) is 0 Å². The molecule has 4 nitrogen and oxygen atoms in total. The van der Waals surface area contributed by atoms with E-state index >= 15 is 0 Å². The standard InChI is InChI=1S/C4H4ClNO3S/c5-4-3(1-2-6-4)10(7,8)9/h1-2,6H,(H,7,8,9). The van der Waals surface area contributed by atoms with Gasteiger partial charge in [-0.05, 0) is 6.07 Å². The minimum Gasteiger partial charge on any atom is -0.351 e. The molecule has 0 fully saturated rings. The molecule has 10 heavy (non-hydrogen) atoms. The predicted octanol–water partition coefficient (Wildman–Crippen LogP) is 0.915. The molecule has 0 saturated carbocycles. The molecule has 0 spiro atoms. The van der Waals surface area contributed by atoms with Gasteiger partial charge in [0.1, 0.15) is 10.0 Å².